The maximum Gasteiger partial charge on any atom is 0.267 e. The van der Waals surface area contributed by atoms with Gasteiger partial charge in [0.25, 0.3) is 5.91 Å². The lowest BCUT2D eigenvalue weighted by atomic mass is 10.1. The molecule has 0 aromatic heterocycles. The molecule has 1 aromatic carbocycles. The number of carbonyl (C=O) groups is 1. The van der Waals surface area contributed by atoms with Gasteiger partial charge < -0.3 is 9.64 Å². The quantitative estimate of drug-likeness (QED) is 0.848. The van der Waals surface area contributed by atoms with Crippen molar-refractivity contribution in [3.8, 4) is 5.75 Å². The van der Waals surface area contributed by atoms with Crippen LogP contribution in [0.25, 0.3) is 0 Å². The van der Waals surface area contributed by atoms with Crippen molar-refractivity contribution in [2.24, 2.45) is 5.92 Å². The van der Waals surface area contributed by atoms with E-state index in [4.69, 9.17) is 4.74 Å². The normalized spacial score (nSPS) is 20.3. The van der Waals surface area contributed by atoms with E-state index in [2.05, 4.69) is 19.6 Å². The van der Waals surface area contributed by atoms with Crippen LogP contribution in [0, 0.1) is 5.92 Å². The van der Waals surface area contributed by atoms with E-state index in [0.717, 1.165) is 23.6 Å². The minimum absolute atomic E-state index is 0.0360. The molecule has 2 unspecified atom stereocenters. The Morgan fingerprint density at radius 2 is 2.17 bits per heavy atom. The number of carbonyl (C=O) groups excluding carboxylic acids is 1. The van der Waals surface area contributed by atoms with Crippen LogP contribution in [-0.2, 0) is 4.79 Å². The maximum atomic E-state index is 12.2. The van der Waals surface area contributed by atoms with Gasteiger partial charge in [0.15, 0.2) is 6.10 Å². The third kappa shape index (κ3) is 2.48. The second-order valence-electron chi connectivity index (χ2n) is 4.63. The molecule has 1 amide bonds. The summed E-state index contributed by atoms with van der Waals surface area (Å²) in [6.07, 6.45) is 0.613. The lowest BCUT2D eigenvalue weighted by molar-refractivity contribution is -0.125. The molecule has 0 N–H and O–H groups in total. The number of anilines is 1. The summed E-state index contributed by atoms with van der Waals surface area (Å²) in [5.74, 6) is 2.03. The van der Waals surface area contributed by atoms with E-state index in [9.17, 15) is 4.79 Å². The molecule has 18 heavy (non-hydrogen) atoms. The number of fused-ring (bicyclic) bond motifs is 1. The summed E-state index contributed by atoms with van der Waals surface area (Å²) in [5, 5.41) is 0. The number of benzene rings is 1. The number of hydrogen-bond donors (Lipinski definition) is 1. The first-order chi connectivity index (χ1) is 8.67. The second kappa shape index (κ2) is 5.65. The predicted octanol–water partition coefficient (Wildman–Crippen LogP) is 2.76. The monoisotopic (exact) mass is 265 g/mol. The first kappa shape index (κ1) is 13.3. The number of amides is 1. The van der Waals surface area contributed by atoms with Crippen LogP contribution in [0.15, 0.2) is 24.3 Å². The van der Waals surface area contributed by atoms with Gasteiger partial charge in [-0.1, -0.05) is 25.5 Å². The highest BCUT2D eigenvalue weighted by Gasteiger charge is 2.31. The SMILES string of the molecule is CCC(CS)CN1C(=O)C(C)Oc2ccccc21. The topological polar surface area (TPSA) is 29.5 Å². The molecule has 98 valence electrons. The minimum atomic E-state index is -0.405. The molecule has 1 aliphatic heterocycles. The molecule has 0 radical (unpaired) electrons. The van der Waals surface area contributed by atoms with Crippen molar-refractivity contribution < 1.29 is 9.53 Å². The third-order valence-electron chi connectivity index (χ3n) is 3.35. The van der Waals surface area contributed by atoms with Gasteiger partial charge in [-0.05, 0) is 30.7 Å². The van der Waals surface area contributed by atoms with Crippen LogP contribution in [-0.4, -0.2) is 24.3 Å². The standard InChI is InChI=1S/C14H19NO2S/c1-3-11(9-18)8-15-12-6-4-5-7-13(12)17-10(2)14(15)16/h4-7,10-11,18H,3,8-9H2,1-2H3. The molecule has 0 saturated carbocycles. The zero-order valence-corrected chi connectivity index (χ0v) is 11.7. The molecular formula is C14H19NO2S. The average Bonchev–Trinajstić information content (AvgIpc) is 2.40. The van der Waals surface area contributed by atoms with Crippen molar-refractivity contribution in [2.45, 2.75) is 26.4 Å². The Balaban J connectivity index is 2.29. The largest absolute Gasteiger partial charge is 0.479 e. The molecule has 0 spiro atoms. The van der Waals surface area contributed by atoms with Crippen LogP contribution in [0.2, 0.25) is 0 Å². The van der Waals surface area contributed by atoms with E-state index in [1.807, 2.05) is 29.2 Å². The molecule has 1 heterocycles. The fourth-order valence-electron chi connectivity index (χ4n) is 2.12. The summed E-state index contributed by atoms with van der Waals surface area (Å²) in [6.45, 7) is 4.64. The Morgan fingerprint density at radius 3 is 2.83 bits per heavy atom. The van der Waals surface area contributed by atoms with E-state index >= 15 is 0 Å². The van der Waals surface area contributed by atoms with Crippen LogP contribution in [0.1, 0.15) is 20.3 Å². The van der Waals surface area contributed by atoms with Crippen molar-refractivity contribution in [1.29, 1.82) is 0 Å². The Kier molecular flexibility index (Phi) is 4.17. The van der Waals surface area contributed by atoms with Gasteiger partial charge in [-0.3, -0.25) is 4.79 Å². The van der Waals surface area contributed by atoms with Gasteiger partial charge in [0.1, 0.15) is 5.75 Å². The van der Waals surface area contributed by atoms with E-state index in [-0.39, 0.29) is 5.91 Å². The molecule has 0 aliphatic carbocycles. The maximum absolute atomic E-state index is 12.2. The average molecular weight is 265 g/mol. The molecule has 2 rings (SSSR count). The number of nitrogens with zero attached hydrogens (tertiary/aromatic N) is 1. The summed E-state index contributed by atoms with van der Waals surface area (Å²) < 4.78 is 5.61. The zero-order chi connectivity index (χ0) is 13.1. The van der Waals surface area contributed by atoms with Crippen LogP contribution in [0.4, 0.5) is 5.69 Å². The Labute approximate surface area is 114 Å². The summed E-state index contributed by atoms with van der Waals surface area (Å²) in [5.41, 5.74) is 0.876. The number of rotatable bonds is 4. The van der Waals surface area contributed by atoms with Gasteiger partial charge in [0, 0.05) is 6.54 Å². The Morgan fingerprint density at radius 1 is 1.44 bits per heavy atom. The lowest BCUT2D eigenvalue weighted by Gasteiger charge is -2.34. The molecule has 3 nitrogen and oxygen atoms in total. The van der Waals surface area contributed by atoms with Crippen molar-refractivity contribution in [3.63, 3.8) is 0 Å². The second-order valence-corrected chi connectivity index (χ2v) is 5.00. The van der Waals surface area contributed by atoms with Gasteiger partial charge in [-0.15, -0.1) is 0 Å². The van der Waals surface area contributed by atoms with Gasteiger partial charge in [-0.25, -0.2) is 0 Å². The van der Waals surface area contributed by atoms with E-state index < -0.39 is 6.10 Å². The summed E-state index contributed by atoms with van der Waals surface area (Å²) in [6, 6.07) is 7.70. The van der Waals surface area contributed by atoms with Gasteiger partial charge in [0.2, 0.25) is 0 Å². The summed E-state index contributed by atoms with van der Waals surface area (Å²) >= 11 is 4.35. The van der Waals surface area contributed by atoms with Crippen molar-refractivity contribution in [1.82, 2.24) is 0 Å². The zero-order valence-electron chi connectivity index (χ0n) is 10.8. The lowest BCUT2D eigenvalue weighted by Crippen LogP contribution is -2.46. The molecular weight excluding hydrogens is 246 g/mol. The smallest absolute Gasteiger partial charge is 0.267 e. The fourth-order valence-corrected chi connectivity index (χ4v) is 2.49. The molecule has 4 heteroatoms. The summed E-state index contributed by atoms with van der Waals surface area (Å²) in [7, 11) is 0. The van der Waals surface area contributed by atoms with Crippen LogP contribution >= 0.6 is 12.6 Å². The minimum Gasteiger partial charge on any atom is -0.479 e. The fraction of sp³-hybridized carbons (Fsp3) is 0.500. The van der Waals surface area contributed by atoms with Gasteiger partial charge in [0.05, 0.1) is 5.69 Å². The highest BCUT2D eigenvalue weighted by molar-refractivity contribution is 7.80. The summed E-state index contributed by atoms with van der Waals surface area (Å²) in [4.78, 5) is 14.1. The molecule has 0 fully saturated rings. The van der Waals surface area contributed by atoms with E-state index in [1.54, 1.807) is 6.92 Å². The Hall–Kier alpha value is -1.16. The van der Waals surface area contributed by atoms with Gasteiger partial charge >= 0.3 is 0 Å². The van der Waals surface area contributed by atoms with Crippen LogP contribution in [0.5, 0.6) is 5.75 Å². The molecule has 1 aliphatic rings. The first-order valence-corrected chi connectivity index (χ1v) is 6.98. The van der Waals surface area contributed by atoms with Crippen LogP contribution < -0.4 is 9.64 Å². The highest BCUT2D eigenvalue weighted by atomic mass is 32.1. The van der Waals surface area contributed by atoms with E-state index in [1.165, 1.54) is 0 Å². The molecule has 0 saturated heterocycles. The number of thiol groups is 1. The number of hydrogen-bond acceptors (Lipinski definition) is 3. The van der Waals surface area contributed by atoms with Crippen LogP contribution in [0.3, 0.4) is 0 Å². The highest BCUT2D eigenvalue weighted by Crippen LogP contribution is 2.34. The predicted molar refractivity (Wildman–Crippen MR) is 76.5 cm³/mol. The molecule has 1 aromatic rings. The third-order valence-corrected chi connectivity index (χ3v) is 3.87. The van der Waals surface area contributed by atoms with Crippen molar-refractivity contribution >= 4 is 24.2 Å². The van der Waals surface area contributed by atoms with Crippen molar-refractivity contribution in [3.05, 3.63) is 24.3 Å². The molecule has 0 bridgehead atoms. The van der Waals surface area contributed by atoms with E-state index in [0.29, 0.717) is 12.5 Å². The van der Waals surface area contributed by atoms with Gasteiger partial charge in [-0.2, -0.15) is 12.6 Å². The molecule has 2 atom stereocenters. The van der Waals surface area contributed by atoms with Crippen molar-refractivity contribution in [2.75, 3.05) is 17.2 Å². The number of para-hydroxylation sites is 2. The Bertz CT molecular complexity index is 432. The first-order valence-electron chi connectivity index (χ1n) is 6.35. The number of ether oxygens (including phenoxy) is 1.